The van der Waals surface area contributed by atoms with Gasteiger partial charge in [0.1, 0.15) is 5.82 Å². The van der Waals surface area contributed by atoms with Gasteiger partial charge < -0.3 is 16.4 Å². The summed E-state index contributed by atoms with van der Waals surface area (Å²) in [6.45, 7) is 2.97. The van der Waals surface area contributed by atoms with E-state index in [0.717, 1.165) is 25.8 Å². The average molecular weight is 387 g/mol. The second-order valence-electron chi connectivity index (χ2n) is 7.29. The molecule has 2 aromatic heterocycles. The number of rotatable bonds is 4. The Morgan fingerprint density at radius 3 is 2.83 bits per heavy atom. The third-order valence-corrected chi connectivity index (χ3v) is 5.24. The van der Waals surface area contributed by atoms with E-state index in [2.05, 4.69) is 63.3 Å². The van der Waals surface area contributed by atoms with E-state index in [1.165, 1.54) is 22.3 Å². The molecule has 2 heterocycles. The molecular formula is C22H25N7. The number of nitrogens with zero attached hydrogens (tertiary/aromatic N) is 5. The fourth-order valence-electron chi connectivity index (χ4n) is 3.67. The molecule has 0 aliphatic heterocycles. The van der Waals surface area contributed by atoms with Crippen LogP contribution in [0.4, 0.5) is 17.7 Å². The third-order valence-electron chi connectivity index (χ3n) is 5.24. The Hall–Kier alpha value is -3.48. The first-order valence-electron chi connectivity index (χ1n) is 9.75. The van der Waals surface area contributed by atoms with Crippen LogP contribution in [0.3, 0.4) is 0 Å². The minimum atomic E-state index is 0.112. The number of hydrogen-bond donors (Lipinski definition) is 2. The first-order chi connectivity index (χ1) is 14.0. The van der Waals surface area contributed by atoms with E-state index in [0.29, 0.717) is 22.8 Å². The molecule has 0 saturated carbocycles. The van der Waals surface area contributed by atoms with Gasteiger partial charge >= 0.3 is 0 Å². The number of fused-ring (bicyclic) bond motifs is 2. The molecule has 0 amide bonds. The van der Waals surface area contributed by atoms with Crippen molar-refractivity contribution in [3.8, 4) is 0 Å². The summed E-state index contributed by atoms with van der Waals surface area (Å²) in [7, 11) is 1.97. The Morgan fingerprint density at radius 2 is 1.97 bits per heavy atom. The highest BCUT2D eigenvalue weighted by atomic mass is 15.2. The maximum atomic E-state index is 5.87. The predicted octanol–water partition coefficient (Wildman–Crippen LogP) is 3.39. The molecule has 148 valence electrons. The summed E-state index contributed by atoms with van der Waals surface area (Å²) in [6, 6.07) is 8.67. The van der Waals surface area contributed by atoms with Gasteiger partial charge in [0.05, 0.1) is 5.39 Å². The van der Waals surface area contributed by atoms with Crippen LogP contribution < -0.4 is 16.4 Å². The van der Waals surface area contributed by atoms with Gasteiger partial charge in [0.15, 0.2) is 5.65 Å². The summed E-state index contributed by atoms with van der Waals surface area (Å²) >= 11 is 0. The molecule has 29 heavy (non-hydrogen) atoms. The van der Waals surface area contributed by atoms with Gasteiger partial charge in [-0.3, -0.25) is 0 Å². The van der Waals surface area contributed by atoms with Crippen molar-refractivity contribution in [3.05, 3.63) is 59.3 Å². The Labute approximate surface area is 170 Å². The number of hydrogen-bond acceptors (Lipinski definition) is 7. The molecule has 4 rings (SSSR count). The highest BCUT2D eigenvalue weighted by Gasteiger charge is 2.13. The lowest BCUT2D eigenvalue weighted by molar-refractivity contribution is 0.857. The monoisotopic (exact) mass is 387 g/mol. The molecule has 3 aromatic rings. The normalized spacial score (nSPS) is 15.1. The third kappa shape index (κ3) is 3.89. The standard InChI is InChI=1S/C22H25N7/c1-14-7-5-9-15-8-3-4-10-17(15)16(14)11-6-12-29(2)22-25-13-18-19(23)26-21(24)27-20(18)28-22/h3-4,7-8,10-11,13H,5-6,9,12H2,1-2H3,(H4,23,24,25,26,27,28)/b16-11-. The SMILES string of the molecule is CC1=CCCc2ccccc2/C1=C\CCN(C)c1ncc2c(N)nc(N)nc2n1. The van der Waals surface area contributed by atoms with E-state index >= 15 is 0 Å². The molecule has 1 aliphatic rings. The summed E-state index contributed by atoms with van der Waals surface area (Å²) in [6.07, 6.45) is 9.34. The number of aromatic nitrogens is 4. The van der Waals surface area contributed by atoms with Gasteiger partial charge in [-0.25, -0.2) is 4.98 Å². The predicted molar refractivity (Wildman–Crippen MR) is 118 cm³/mol. The zero-order valence-electron chi connectivity index (χ0n) is 16.8. The van der Waals surface area contributed by atoms with Gasteiger partial charge in [0.25, 0.3) is 0 Å². The molecule has 1 aromatic carbocycles. The topological polar surface area (TPSA) is 107 Å². The smallest absolute Gasteiger partial charge is 0.227 e. The Bertz CT molecular complexity index is 1120. The molecule has 0 radical (unpaired) electrons. The van der Waals surface area contributed by atoms with Crippen molar-refractivity contribution in [1.29, 1.82) is 0 Å². The van der Waals surface area contributed by atoms with Gasteiger partial charge in [-0.1, -0.05) is 36.4 Å². The number of allylic oxidation sites excluding steroid dienone is 3. The van der Waals surface area contributed by atoms with Crippen LogP contribution in [0.2, 0.25) is 0 Å². The molecule has 0 bridgehead atoms. The van der Waals surface area contributed by atoms with Crippen LogP contribution in [0.5, 0.6) is 0 Å². The molecule has 0 fully saturated rings. The van der Waals surface area contributed by atoms with Crippen LogP contribution in [0.25, 0.3) is 16.6 Å². The molecule has 0 atom stereocenters. The van der Waals surface area contributed by atoms with Crippen LogP contribution in [-0.4, -0.2) is 33.5 Å². The van der Waals surface area contributed by atoms with Crippen molar-refractivity contribution in [3.63, 3.8) is 0 Å². The Balaban J connectivity index is 1.54. The lowest BCUT2D eigenvalue weighted by Gasteiger charge is -2.17. The van der Waals surface area contributed by atoms with Gasteiger partial charge in [0.2, 0.25) is 11.9 Å². The van der Waals surface area contributed by atoms with Crippen LogP contribution in [0, 0.1) is 0 Å². The lowest BCUT2D eigenvalue weighted by atomic mass is 9.95. The number of nitrogen functional groups attached to an aromatic ring is 2. The molecule has 0 saturated heterocycles. The van der Waals surface area contributed by atoms with Gasteiger partial charge in [-0.15, -0.1) is 0 Å². The summed E-state index contributed by atoms with van der Waals surface area (Å²) in [4.78, 5) is 19.0. The van der Waals surface area contributed by atoms with Crippen molar-refractivity contribution < 1.29 is 0 Å². The van der Waals surface area contributed by atoms with E-state index in [4.69, 9.17) is 11.5 Å². The van der Waals surface area contributed by atoms with Gasteiger partial charge in [0, 0.05) is 19.8 Å². The summed E-state index contributed by atoms with van der Waals surface area (Å²) in [5, 5.41) is 0.606. The molecule has 7 heteroatoms. The highest BCUT2D eigenvalue weighted by molar-refractivity contribution is 5.86. The van der Waals surface area contributed by atoms with E-state index in [1.54, 1.807) is 6.20 Å². The fraction of sp³-hybridized carbons (Fsp3) is 0.273. The summed E-state index contributed by atoms with van der Waals surface area (Å²) < 4.78 is 0. The fourth-order valence-corrected chi connectivity index (χ4v) is 3.67. The largest absolute Gasteiger partial charge is 0.383 e. The first kappa shape index (κ1) is 18.9. The van der Waals surface area contributed by atoms with Crippen molar-refractivity contribution in [2.24, 2.45) is 0 Å². The van der Waals surface area contributed by atoms with E-state index in [1.807, 2.05) is 11.9 Å². The number of aryl methyl sites for hydroxylation is 1. The Morgan fingerprint density at radius 1 is 1.14 bits per heavy atom. The molecule has 4 N–H and O–H groups in total. The molecule has 0 unspecified atom stereocenters. The zero-order chi connectivity index (χ0) is 20.4. The molecule has 7 nitrogen and oxygen atoms in total. The maximum Gasteiger partial charge on any atom is 0.227 e. The lowest BCUT2D eigenvalue weighted by Crippen LogP contribution is -2.21. The minimum absolute atomic E-state index is 0.112. The number of nitrogens with two attached hydrogens (primary N) is 2. The van der Waals surface area contributed by atoms with Gasteiger partial charge in [-0.2, -0.15) is 15.0 Å². The molecular weight excluding hydrogens is 362 g/mol. The van der Waals surface area contributed by atoms with Crippen LogP contribution in [-0.2, 0) is 6.42 Å². The van der Waals surface area contributed by atoms with Crippen molar-refractivity contribution in [2.45, 2.75) is 26.2 Å². The number of benzene rings is 1. The van der Waals surface area contributed by atoms with Crippen molar-refractivity contribution >= 4 is 34.3 Å². The molecule has 0 spiro atoms. The number of anilines is 3. The second-order valence-corrected chi connectivity index (χ2v) is 7.29. The van der Waals surface area contributed by atoms with E-state index < -0.39 is 0 Å². The summed E-state index contributed by atoms with van der Waals surface area (Å²) in [5.41, 5.74) is 17.4. The Kier molecular flexibility index (Phi) is 5.12. The molecule has 1 aliphatic carbocycles. The average Bonchev–Trinajstić information content (AvgIpc) is 2.86. The second kappa shape index (κ2) is 7.87. The van der Waals surface area contributed by atoms with Crippen molar-refractivity contribution in [1.82, 2.24) is 19.9 Å². The van der Waals surface area contributed by atoms with E-state index in [9.17, 15) is 0 Å². The van der Waals surface area contributed by atoms with E-state index in [-0.39, 0.29) is 5.95 Å². The highest BCUT2D eigenvalue weighted by Crippen LogP contribution is 2.30. The van der Waals surface area contributed by atoms with Crippen LogP contribution >= 0.6 is 0 Å². The quantitative estimate of drug-likeness (QED) is 0.706. The van der Waals surface area contributed by atoms with Crippen molar-refractivity contribution in [2.75, 3.05) is 30.0 Å². The maximum absolute atomic E-state index is 5.87. The zero-order valence-corrected chi connectivity index (χ0v) is 16.8. The first-order valence-corrected chi connectivity index (χ1v) is 9.75. The minimum Gasteiger partial charge on any atom is -0.383 e. The van der Waals surface area contributed by atoms with Gasteiger partial charge in [-0.05, 0) is 48.5 Å². The summed E-state index contributed by atoms with van der Waals surface area (Å²) in [5.74, 6) is 0.990. The van der Waals surface area contributed by atoms with Crippen LogP contribution in [0.1, 0.15) is 30.9 Å². The van der Waals surface area contributed by atoms with Crippen LogP contribution in [0.15, 0.2) is 48.2 Å².